The van der Waals surface area contributed by atoms with Crippen molar-refractivity contribution in [2.24, 2.45) is 0 Å². The second-order valence-electron chi connectivity index (χ2n) is 4.59. The molecule has 0 radical (unpaired) electrons. The molecule has 2 rings (SSSR count). The number of amides is 1. The Morgan fingerprint density at radius 2 is 1.95 bits per heavy atom. The minimum atomic E-state index is -0.984. The molecule has 0 bridgehead atoms. The smallest absolute Gasteiger partial charge is 0.404 e. The van der Waals surface area contributed by atoms with Crippen molar-refractivity contribution in [2.45, 2.75) is 19.3 Å². The van der Waals surface area contributed by atoms with E-state index in [0.29, 0.717) is 11.6 Å². The van der Waals surface area contributed by atoms with Gasteiger partial charge in [0.25, 0.3) is 0 Å². The van der Waals surface area contributed by atoms with Crippen LogP contribution in [-0.2, 0) is 6.42 Å². The normalized spacial score (nSPS) is 10.3. The Balaban J connectivity index is 1.92. The topological polar surface area (TPSA) is 75.1 Å². The summed E-state index contributed by atoms with van der Waals surface area (Å²) in [5.41, 5.74) is 2.81. The molecular formula is C15H16ClN3O2. The molecular weight excluding hydrogens is 290 g/mol. The van der Waals surface area contributed by atoms with Crippen LogP contribution in [0.2, 0.25) is 5.02 Å². The average Bonchev–Trinajstić information content (AvgIpc) is 2.48. The van der Waals surface area contributed by atoms with Crippen LogP contribution in [0.1, 0.15) is 18.5 Å². The number of rotatable bonds is 6. The quantitative estimate of drug-likeness (QED) is 0.802. The van der Waals surface area contributed by atoms with E-state index in [1.807, 2.05) is 30.3 Å². The Kier molecular flexibility index (Phi) is 5.51. The zero-order valence-electron chi connectivity index (χ0n) is 11.4. The number of hydrogen-bond donors (Lipinski definition) is 2. The summed E-state index contributed by atoms with van der Waals surface area (Å²) in [6, 6.07) is 9.46. The van der Waals surface area contributed by atoms with Crippen LogP contribution >= 0.6 is 11.6 Å². The molecule has 0 aliphatic carbocycles. The van der Waals surface area contributed by atoms with Crippen LogP contribution in [0.3, 0.4) is 0 Å². The summed E-state index contributed by atoms with van der Waals surface area (Å²) >= 11 is 5.87. The molecule has 21 heavy (non-hydrogen) atoms. The Bertz CT molecular complexity index is 602. The van der Waals surface area contributed by atoms with Gasteiger partial charge in [-0.1, -0.05) is 23.7 Å². The molecule has 1 aromatic carbocycles. The van der Waals surface area contributed by atoms with Crippen LogP contribution in [0.25, 0.3) is 11.3 Å². The van der Waals surface area contributed by atoms with E-state index in [-0.39, 0.29) is 0 Å². The van der Waals surface area contributed by atoms with Crippen molar-refractivity contribution in [3.8, 4) is 11.3 Å². The summed E-state index contributed by atoms with van der Waals surface area (Å²) in [5.74, 6) is 0. The summed E-state index contributed by atoms with van der Waals surface area (Å²) in [5, 5.41) is 11.5. The van der Waals surface area contributed by atoms with Crippen LogP contribution in [-0.4, -0.2) is 27.7 Å². The van der Waals surface area contributed by atoms with Crippen LogP contribution < -0.4 is 5.32 Å². The van der Waals surface area contributed by atoms with E-state index < -0.39 is 6.09 Å². The number of carbonyl (C=O) groups is 1. The number of aryl methyl sites for hydroxylation is 1. The van der Waals surface area contributed by atoms with Gasteiger partial charge in [-0.05, 0) is 37.5 Å². The van der Waals surface area contributed by atoms with Crippen molar-refractivity contribution in [2.75, 3.05) is 6.54 Å². The van der Waals surface area contributed by atoms with Gasteiger partial charge in [-0.3, -0.25) is 0 Å². The minimum Gasteiger partial charge on any atom is -0.465 e. The first-order chi connectivity index (χ1) is 10.1. The summed E-state index contributed by atoms with van der Waals surface area (Å²) in [6.07, 6.45) is 3.02. The first kappa shape index (κ1) is 15.3. The lowest BCUT2D eigenvalue weighted by Crippen LogP contribution is -2.21. The fraction of sp³-hybridized carbons (Fsp3) is 0.267. The number of unbranched alkanes of at least 4 members (excludes halogenated alkanes) is 1. The zero-order chi connectivity index (χ0) is 15.1. The molecule has 2 aromatic rings. The molecule has 0 saturated carbocycles. The Labute approximate surface area is 128 Å². The van der Waals surface area contributed by atoms with E-state index in [4.69, 9.17) is 16.7 Å². The second kappa shape index (κ2) is 7.59. The van der Waals surface area contributed by atoms with Gasteiger partial charge in [0.05, 0.1) is 5.69 Å². The van der Waals surface area contributed by atoms with E-state index in [1.165, 1.54) is 0 Å². The SMILES string of the molecule is O=C(O)NCCCCc1cc(-c2ccc(Cl)cc2)ncn1. The predicted octanol–water partition coefficient (Wildman–Crippen LogP) is 3.39. The van der Waals surface area contributed by atoms with Crippen molar-refractivity contribution in [1.29, 1.82) is 0 Å². The Hall–Kier alpha value is -2.14. The van der Waals surface area contributed by atoms with Gasteiger partial charge in [-0.2, -0.15) is 0 Å². The van der Waals surface area contributed by atoms with Gasteiger partial charge >= 0.3 is 6.09 Å². The van der Waals surface area contributed by atoms with E-state index in [9.17, 15) is 4.79 Å². The molecule has 0 aliphatic rings. The fourth-order valence-electron chi connectivity index (χ4n) is 1.94. The van der Waals surface area contributed by atoms with Gasteiger partial charge in [0.2, 0.25) is 0 Å². The fourth-order valence-corrected chi connectivity index (χ4v) is 2.07. The number of benzene rings is 1. The van der Waals surface area contributed by atoms with Crippen LogP contribution in [0.5, 0.6) is 0 Å². The maximum Gasteiger partial charge on any atom is 0.404 e. The van der Waals surface area contributed by atoms with Crippen LogP contribution in [0.15, 0.2) is 36.7 Å². The molecule has 0 saturated heterocycles. The van der Waals surface area contributed by atoms with E-state index in [0.717, 1.165) is 36.2 Å². The standard InChI is InChI=1S/C15H16ClN3O2/c16-12-6-4-11(5-7-12)14-9-13(18-10-19-14)3-1-2-8-17-15(20)21/h4-7,9-10,17H,1-3,8H2,(H,20,21). The van der Waals surface area contributed by atoms with Gasteiger partial charge in [0.1, 0.15) is 6.33 Å². The number of carboxylic acid groups (broad SMARTS) is 1. The monoisotopic (exact) mass is 305 g/mol. The molecule has 0 fully saturated rings. The minimum absolute atomic E-state index is 0.463. The Morgan fingerprint density at radius 1 is 1.19 bits per heavy atom. The third kappa shape index (κ3) is 5.04. The molecule has 0 unspecified atom stereocenters. The predicted molar refractivity (Wildman–Crippen MR) is 81.4 cm³/mol. The van der Waals surface area contributed by atoms with Gasteiger partial charge in [-0.25, -0.2) is 14.8 Å². The lowest BCUT2D eigenvalue weighted by Gasteiger charge is -2.05. The molecule has 1 heterocycles. The summed E-state index contributed by atoms with van der Waals surface area (Å²) < 4.78 is 0. The summed E-state index contributed by atoms with van der Waals surface area (Å²) in [4.78, 5) is 18.8. The van der Waals surface area contributed by atoms with E-state index in [1.54, 1.807) is 6.33 Å². The van der Waals surface area contributed by atoms with E-state index in [2.05, 4.69) is 15.3 Å². The summed E-state index contributed by atoms with van der Waals surface area (Å²) in [7, 11) is 0. The highest BCUT2D eigenvalue weighted by Gasteiger charge is 2.02. The number of halogens is 1. The lowest BCUT2D eigenvalue weighted by atomic mass is 10.1. The third-order valence-corrected chi connectivity index (χ3v) is 3.25. The maximum atomic E-state index is 10.3. The third-order valence-electron chi connectivity index (χ3n) is 3.00. The van der Waals surface area contributed by atoms with E-state index >= 15 is 0 Å². The number of hydrogen-bond acceptors (Lipinski definition) is 3. The molecule has 2 N–H and O–H groups in total. The van der Waals surface area contributed by atoms with Crippen molar-refractivity contribution in [3.05, 3.63) is 47.4 Å². The number of aromatic nitrogens is 2. The molecule has 6 heteroatoms. The molecule has 0 spiro atoms. The van der Waals surface area contributed by atoms with Crippen molar-refractivity contribution >= 4 is 17.7 Å². The number of nitrogens with zero attached hydrogens (tertiary/aromatic N) is 2. The van der Waals surface area contributed by atoms with Gasteiger partial charge in [-0.15, -0.1) is 0 Å². The van der Waals surface area contributed by atoms with Crippen molar-refractivity contribution in [3.63, 3.8) is 0 Å². The summed E-state index contributed by atoms with van der Waals surface area (Å²) in [6.45, 7) is 0.463. The molecule has 110 valence electrons. The van der Waals surface area contributed by atoms with Gasteiger partial charge in [0, 0.05) is 22.8 Å². The molecule has 0 atom stereocenters. The second-order valence-corrected chi connectivity index (χ2v) is 5.03. The molecule has 5 nitrogen and oxygen atoms in total. The zero-order valence-corrected chi connectivity index (χ0v) is 12.2. The highest BCUT2D eigenvalue weighted by Crippen LogP contribution is 2.20. The van der Waals surface area contributed by atoms with Crippen LogP contribution in [0, 0.1) is 0 Å². The lowest BCUT2D eigenvalue weighted by molar-refractivity contribution is 0.194. The molecule has 1 aromatic heterocycles. The highest BCUT2D eigenvalue weighted by molar-refractivity contribution is 6.30. The first-order valence-corrected chi connectivity index (χ1v) is 7.06. The van der Waals surface area contributed by atoms with Crippen LogP contribution in [0.4, 0.5) is 4.79 Å². The van der Waals surface area contributed by atoms with Crippen molar-refractivity contribution in [1.82, 2.24) is 15.3 Å². The first-order valence-electron chi connectivity index (χ1n) is 6.69. The van der Waals surface area contributed by atoms with Crippen molar-refractivity contribution < 1.29 is 9.90 Å². The largest absolute Gasteiger partial charge is 0.465 e. The molecule has 0 aliphatic heterocycles. The molecule has 1 amide bonds. The van der Waals surface area contributed by atoms with Gasteiger partial charge in [0.15, 0.2) is 0 Å². The highest BCUT2D eigenvalue weighted by atomic mass is 35.5. The average molecular weight is 306 g/mol. The maximum absolute atomic E-state index is 10.3. The Morgan fingerprint density at radius 3 is 2.67 bits per heavy atom. The number of nitrogens with one attached hydrogen (secondary N) is 1. The van der Waals surface area contributed by atoms with Gasteiger partial charge < -0.3 is 10.4 Å².